The third kappa shape index (κ3) is 4.51. The van der Waals surface area contributed by atoms with Crippen LogP contribution in [0.25, 0.3) is 10.9 Å². The zero-order valence-corrected chi connectivity index (χ0v) is 16.8. The number of nitrogens with zero attached hydrogens (tertiary/aromatic N) is 3. The minimum absolute atomic E-state index is 0.105. The van der Waals surface area contributed by atoms with Crippen LogP contribution in [0.4, 0.5) is 5.69 Å². The number of aryl methyl sites for hydroxylation is 2. The number of hydrogen-bond acceptors (Lipinski definition) is 4. The fourth-order valence-corrected chi connectivity index (χ4v) is 3.16. The molecule has 1 N–H and O–H groups in total. The fourth-order valence-electron chi connectivity index (χ4n) is 3.16. The molecule has 1 aromatic heterocycles. The van der Waals surface area contributed by atoms with Crippen molar-refractivity contribution in [1.29, 1.82) is 0 Å². The van der Waals surface area contributed by atoms with Crippen LogP contribution in [-0.2, 0) is 22.6 Å². The van der Waals surface area contributed by atoms with Gasteiger partial charge in [-0.3, -0.25) is 19.0 Å². The van der Waals surface area contributed by atoms with E-state index < -0.39 is 0 Å². The number of aromatic nitrogens is 2. The van der Waals surface area contributed by atoms with Gasteiger partial charge in [-0.05, 0) is 36.6 Å². The second-order valence-electron chi connectivity index (χ2n) is 6.96. The molecule has 0 bridgehead atoms. The molecule has 2 amide bonds. The van der Waals surface area contributed by atoms with E-state index in [-0.39, 0.29) is 30.5 Å². The number of anilines is 1. The topological polar surface area (TPSA) is 84.3 Å². The molecule has 7 heteroatoms. The third-order valence-corrected chi connectivity index (χ3v) is 4.84. The summed E-state index contributed by atoms with van der Waals surface area (Å²) in [6.07, 6.45) is 2.17. The van der Waals surface area contributed by atoms with Crippen LogP contribution in [0.2, 0.25) is 0 Å². The Morgan fingerprint density at radius 2 is 1.90 bits per heavy atom. The van der Waals surface area contributed by atoms with Crippen molar-refractivity contribution in [2.45, 2.75) is 26.8 Å². The fraction of sp³-hybridized carbons (Fsp3) is 0.273. The van der Waals surface area contributed by atoms with Crippen LogP contribution in [0.1, 0.15) is 18.1 Å². The van der Waals surface area contributed by atoms with Crippen LogP contribution < -0.4 is 10.9 Å². The van der Waals surface area contributed by atoms with Gasteiger partial charge < -0.3 is 10.2 Å². The molecule has 0 aliphatic heterocycles. The van der Waals surface area contributed by atoms with Gasteiger partial charge in [0.25, 0.3) is 5.56 Å². The summed E-state index contributed by atoms with van der Waals surface area (Å²) in [5, 5.41) is 3.31. The number of amides is 2. The molecule has 0 aliphatic rings. The van der Waals surface area contributed by atoms with Crippen molar-refractivity contribution in [3.8, 4) is 0 Å². The summed E-state index contributed by atoms with van der Waals surface area (Å²) in [5.41, 5.74) is 3.02. The van der Waals surface area contributed by atoms with Gasteiger partial charge in [0.15, 0.2) is 0 Å². The van der Waals surface area contributed by atoms with Gasteiger partial charge in [0.1, 0.15) is 6.54 Å². The lowest BCUT2D eigenvalue weighted by molar-refractivity contribution is -0.133. The highest BCUT2D eigenvalue weighted by molar-refractivity contribution is 5.95. The molecule has 0 radical (unpaired) electrons. The largest absolute Gasteiger partial charge is 0.335 e. The van der Waals surface area contributed by atoms with Crippen LogP contribution in [0.15, 0.2) is 53.6 Å². The van der Waals surface area contributed by atoms with E-state index in [9.17, 15) is 14.4 Å². The molecular formula is C22H24N4O3. The second-order valence-corrected chi connectivity index (χ2v) is 6.96. The number of fused-ring (bicyclic) bond motifs is 1. The normalized spacial score (nSPS) is 10.7. The van der Waals surface area contributed by atoms with E-state index in [4.69, 9.17) is 0 Å². The van der Waals surface area contributed by atoms with Crippen LogP contribution in [0, 0.1) is 6.92 Å². The van der Waals surface area contributed by atoms with Crippen molar-refractivity contribution in [2.24, 2.45) is 0 Å². The van der Waals surface area contributed by atoms with Gasteiger partial charge in [-0.2, -0.15) is 0 Å². The summed E-state index contributed by atoms with van der Waals surface area (Å²) in [6.45, 7) is 3.61. The number of carbonyl (C=O) groups excluding carboxylic acids is 2. The Kier molecular flexibility index (Phi) is 6.07. The summed E-state index contributed by atoms with van der Waals surface area (Å²) >= 11 is 0. The summed E-state index contributed by atoms with van der Waals surface area (Å²) in [6, 6.07) is 12.9. The zero-order valence-electron chi connectivity index (χ0n) is 16.8. The van der Waals surface area contributed by atoms with Gasteiger partial charge in [-0.15, -0.1) is 0 Å². The number of benzene rings is 2. The maximum Gasteiger partial charge on any atom is 0.261 e. The Hall–Kier alpha value is -3.48. The van der Waals surface area contributed by atoms with Crippen molar-refractivity contribution in [3.63, 3.8) is 0 Å². The molecule has 0 fully saturated rings. The van der Waals surface area contributed by atoms with E-state index in [1.807, 2.05) is 44.2 Å². The Morgan fingerprint density at radius 3 is 2.66 bits per heavy atom. The van der Waals surface area contributed by atoms with Crippen molar-refractivity contribution in [1.82, 2.24) is 14.5 Å². The van der Waals surface area contributed by atoms with Gasteiger partial charge in [-0.1, -0.05) is 37.3 Å². The Bertz CT molecular complexity index is 1120. The van der Waals surface area contributed by atoms with Crippen molar-refractivity contribution < 1.29 is 9.59 Å². The number of rotatable bonds is 6. The maximum atomic E-state index is 12.6. The van der Waals surface area contributed by atoms with Crippen LogP contribution >= 0.6 is 0 Å². The Morgan fingerprint density at radius 1 is 1.14 bits per heavy atom. The number of likely N-dealkylation sites (N-methyl/N-ethyl adjacent to an activating group) is 1. The van der Waals surface area contributed by atoms with Crippen LogP contribution in [0.3, 0.4) is 0 Å². The molecule has 7 nitrogen and oxygen atoms in total. The van der Waals surface area contributed by atoms with E-state index in [2.05, 4.69) is 10.3 Å². The van der Waals surface area contributed by atoms with Crippen LogP contribution in [-0.4, -0.2) is 39.9 Å². The minimum Gasteiger partial charge on any atom is -0.335 e. The summed E-state index contributed by atoms with van der Waals surface area (Å²) < 4.78 is 1.27. The molecule has 0 spiro atoms. The second kappa shape index (κ2) is 8.68. The first kappa shape index (κ1) is 20.3. The Labute approximate surface area is 169 Å². The number of hydrogen-bond donors (Lipinski definition) is 1. The SMILES string of the molecule is CCc1ccccc1NC(=O)CN(C)C(=O)Cn1cnc2c(C)cccc2c1=O. The van der Waals surface area contributed by atoms with Gasteiger partial charge in [-0.25, -0.2) is 4.98 Å². The molecule has 0 atom stereocenters. The Balaban J connectivity index is 1.68. The first-order valence-corrected chi connectivity index (χ1v) is 9.47. The zero-order chi connectivity index (χ0) is 21.0. The maximum absolute atomic E-state index is 12.6. The summed E-state index contributed by atoms with van der Waals surface area (Å²) in [4.78, 5) is 43.1. The molecule has 0 unspecified atom stereocenters. The van der Waals surface area contributed by atoms with Gasteiger partial charge >= 0.3 is 0 Å². The summed E-state index contributed by atoms with van der Waals surface area (Å²) in [7, 11) is 1.54. The first-order valence-electron chi connectivity index (χ1n) is 9.47. The molecule has 3 rings (SSSR count). The highest BCUT2D eigenvalue weighted by atomic mass is 16.2. The van der Waals surface area contributed by atoms with E-state index in [0.29, 0.717) is 10.9 Å². The molecule has 1 heterocycles. The standard InChI is InChI=1S/C22H24N4O3/c1-4-16-9-5-6-11-18(16)24-19(27)12-25(3)20(28)13-26-14-23-21-15(2)8-7-10-17(21)22(26)29/h5-11,14H,4,12-13H2,1-3H3,(H,24,27). The summed E-state index contributed by atoms with van der Waals surface area (Å²) in [5.74, 6) is -0.638. The van der Waals surface area contributed by atoms with Crippen LogP contribution in [0.5, 0.6) is 0 Å². The number of carbonyl (C=O) groups is 2. The molecule has 0 saturated heterocycles. The lowest BCUT2D eigenvalue weighted by Gasteiger charge is -2.18. The highest BCUT2D eigenvalue weighted by Gasteiger charge is 2.16. The third-order valence-electron chi connectivity index (χ3n) is 4.84. The molecule has 29 heavy (non-hydrogen) atoms. The monoisotopic (exact) mass is 392 g/mol. The molecule has 0 aliphatic carbocycles. The van der Waals surface area contributed by atoms with E-state index in [0.717, 1.165) is 23.2 Å². The number of nitrogens with one attached hydrogen (secondary N) is 1. The predicted molar refractivity (Wildman–Crippen MR) is 113 cm³/mol. The van der Waals surface area contributed by atoms with Gasteiger partial charge in [0.05, 0.1) is 23.8 Å². The first-order chi connectivity index (χ1) is 13.9. The minimum atomic E-state index is -0.347. The molecule has 2 aromatic carbocycles. The smallest absolute Gasteiger partial charge is 0.261 e. The lowest BCUT2D eigenvalue weighted by Crippen LogP contribution is -2.38. The van der Waals surface area contributed by atoms with Crippen molar-refractivity contribution in [2.75, 3.05) is 18.9 Å². The van der Waals surface area contributed by atoms with E-state index >= 15 is 0 Å². The molecule has 150 valence electrons. The number of para-hydroxylation sites is 2. The van der Waals surface area contributed by atoms with Gasteiger partial charge in [0.2, 0.25) is 11.8 Å². The lowest BCUT2D eigenvalue weighted by atomic mass is 10.1. The average Bonchev–Trinajstić information content (AvgIpc) is 2.70. The predicted octanol–water partition coefficient (Wildman–Crippen LogP) is 2.36. The van der Waals surface area contributed by atoms with E-state index in [1.165, 1.54) is 22.8 Å². The quantitative estimate of drug-likeness (QED) is 0.698. The average molecular weight is 392 g/mol. The highest BCUT2D eigenvalue weighted by Crippen LogP contribution is 2.15. The molecule has 3 aromatic rings. The van der Waals surface area contributed by atoms with Crippen molar-refractivity contribution >= 4 is 28.4 Å². The molecular weight excluding hydrogens is 368 g/mol. The van der Waals surface area contributed by atoms with Gasteiger partial charge in [0, 0.05) is 12.7 Å². The molecule has 0 saturated carbocycles. The van der Waals surface area contributed by atoms with Crippen molar-refractivity contribution in [3.05, 3.63) is 70.3 Å². The van der Waals surface area contributed by atoms with E-state index in [1.54, 1.807) is 12.1 Å².